The van der Waals surface area contributed by atoms with Crippen LogP contribution in [0.3, 0.4) is 0 Å². The van der Waals surface area contributed by atoms with Crippen molar-refractivity contribution in [3.05, 3.63) is 65.5 Å². The second-order valence-corrected chi connectivity index (χ2v) is 4.38. The molecule has 0 aliphatic heterocycles. The summed E-state index contributed by atoms with van der Waals surface area (Å²) in [5.41, 5.74) is 6.07. The largest absolute Gasteiger partial charge is 0.478 e. The lowest BCUT2D eigenvalue weighted by molar-refractivity contribution is -0.117. The maximum atomic E-state index is 13.7. The number of benzene rings is 2. The average molecular weight is 288 g/mol. The fourth-order valence-electron chi connectivity index (χ4n) is 1.77. The van der Waals surface area contributed by atoms with E-state index in [1.807, 2.05) is 0 Å². The molecule has 0 fully saturated rings. The number of carbonyl (C=O) groups is 2. The zero-order chi connectivity index (χ0) is 15.4. The van der Waals surface area contributed by atoms with Crippen LogP contribution in [0, 0.1) is 5.82 Å². The van der Waals surface area contributed by atoms with Crippen molar-refractivity contribution in [2.24, 2.45) is 5.73 Å². The number of halogens is 1. The molecule has 4 N–H and O–H groups in total. The molecule has 0 aromatic heterocycles. The van der Waals surface area contributed by atoms with Crippen LogP contribution in [0.5, 0.6) is 0 Å². The van der Waals surface area contributed by atoms with E-state index in [-0.39, 0.29) is 11.3 Å². The van der Waals surface area contributed by atoms with Crippen LogP contribution >= 0.6 is 0 Å². The Hall–Kier alpha value is -2.73. The summed E-state index contributed by atoms with van der Waals surface area (Å²) in [7, 11) is 0. The van der Waals surface area contributed by atoms with E-state index in [2.05, 4.69) is 5.32 Å². The summed E-state index contributed by atoms with van der Waals surface area (Å²) in [6, 6.07) is 10.9. The molecule has 0 spiro atoms. The summed E-state index contributed by atoms with van der Waals surface area (Å²) >= 11 is 0. The van der Waals surface area contributed by atoms with Crippen LogP contribution in [0.4, 0.5) is 10.1 Å². The average Bonchev–Trinajstić information content (AvgIpc) is 2.49. The highest BCUT2D eigenvalue weighted by Crippen LogP contribution is 2.18. The van der Waals surface area contributed by atoms with Crippen molar-refractivity contribution in [3.63, 3.8) is 0 Å². The number of aromatic carboxylic acids is 1. The van der Waals surface area contributed by atoms with Crippen LogP contribution in [0.25, 0.3) is 0 Å². The number of hydrogen-bond donors (Lipinski definition) is 3. The van der Waals surface area contributed by atoms with Gasteiger partial charge in [-0.2, -0.15) is 0 Å². The first-order valence-electron chi connectivity index (χ1n) is 6.13. The summed E-state index contributed by atoms with van der Waals surface area (Å²) in [6.07, 6.45) is 0. The predicted molar refractivity (Wildman–Crippen MR) is 75.4 cm³/mol. The maximum Gasteiger partial charge on any atom is 0.335 e. The molecule has 1 amide bonds. The minimum atomic E-state index is -1.24. The lowest BCUT2D eigenvalue weighted by atomic mass is 10.1. The normalized spacial score (nSPS) is 11.7. The minimum absolute atomic E-state index is 0.114. The lowest BCUT2D eigenvalue weighted by Crippen LogP contribution is -2.28. The van der Waals surface area contributed by atoms with Crippen LogP contribution in [0.2, 0.25) is 0 Å². The van der Waals surface area contributed by atoms with Crippen molar-refractivity contribution in [1.82, 2.24) is 0 Å². The molecule has 2 rings (SSSR count). The quantitative estimate of drug-likeness (QED) is 0.803. The molecule has 0 saturated carbocycles. The highest BCUT2D eigenvalue weighted by Gasteiger charge is 2.17. The number of nitrogens with one attached hydrogen (secondary N) is 1. The molecule has 6 heteroatoms. The van der Waals surface area contributed by atoms with Crippen LogP contribution in [-0.2, 0) is 4.79 Å². The van der Waals surface area contributed by atoms with Crippen LogP contribution in [0.1, 0.15) is 22.0 Å². The molecule has 0 aliphatic rings. The van der Waals surface area contributed by atoms with Gasteiger partial charge in [0.1, 0.15) is 11.9 Å². The third-order valence-electron chi connectivity index (χ3n) is 2.92. The highest BCUT2D eigenvalue weighted by molar-refractivity contribution is 5.96. The van der Waals surface area contributed by atoms with E-state index < -0.39 is 23.7 Å². The van der Waals surface area contributed by atoms with E-state index in [9.17, 15) is 14.0 Å². The van der Waals surface area contributed by atoms with E-state index in [1.54, 1.807) is 30.3 Å². The third-order valence-corrected chi connectivity index (χ3v) is 2.92. The number of carboxylic acid groups (broad SMARTS) is 1. The van der Waals surface area contributed by atoms with Gasteiger partial charge < -0.3 is 16.2 Å². The monoisotopic (exact) mass is 288 g/mol. The Bertz CT molecular complexity index is 674. The van der Waals surface area contributed by atoms with Crippen molar-refractivity contribution < 1.29 is 19.1 Å². The number of carboxylic acids is 1. The second-order valence-electron chi connectivity index (χ2n) is 4.38. The zero-order valence-electron chi connectivity index (χ0n) is 10.9. The molecular weight excluding hydrogens is 275 g/mol. The SMILES string of the molecule is N[C@@H](C(=O)Nc1ccc(C(=O)O)cc1F)c1ccccc1. The van der Waals surface area contributed by atoms with Gasteiger partial charge in [-0.3, -0.25) is 4.79 Å². The van der Waals surface area contributed by atoms with Crippen LogP contribution in [0.15, 0.2) is 48.5 Å². The molecule has 0 heterocycles. The van der Waals surface area contributed by atoms with Gasteiger partial charge in [-0.15, -0.1) is 0 Å². The fraction of sp³-hybridized carbons (Fsp3) is 0.0667. The number of amides is 1. The summed E-state index contributed by atoms with van der Waals surface area (Å²) in [6.45, 7) is 0. The molecule has 108 valence electrons. The van der Waals surface area contributed by atoms with E-state index in [1.165, 1.54) is 12.1 Å². The fourth-order valence-corrected chi connectivity index (χ4v) is 1.77. The summed E-state index contributed by atoms with van der Waals surface area (Å²) in [5.74, 6) is -2.65. The van der Waals surface area contributed by atoms with Gasteiger partial charge in [0, 0.05) is 0 Å². The number of rotatable bonds is 4. The Balaban J connectivity index is 2.15. The van der Waals surface area contributed by atoms with Gasteiger partial charge in [-0.1, -0.05) is 30.3 Å². The molecule has 21 heavy (non-hydrogen) atoms. The van der Waals surface area contributed by atoms with Gasteiger partial charge >= 0.3 is 5.97 Å². The Kier molecular flexibility index (Phi) is 4.30. The number of hydrogen-bond acceptors (Lipinski definition) is 3. The summed E-state index contributed by atoms with van der Waals surface area (Å²) in [5, 5.41) is 11.1. The molecule has 0 saturated heterocycles. The molecule has 2 aromatic rings. The standard InChI is InChI=1S/C15H13FN2O3/c16-11-8-10(15(20)21)6-7-12(11)18-14(19)13(17)9-4-2-1-3-5-9/h1-8,13H,17H2,(H,18,19)(H,20,21)/t13-/m1/s1. The van der Waals surface area contributed by atoms with E-state index >= 15 is 0 Å². The van der Waals surface area contributed by atoms with E-state index in [4.69, 9.17) is 10.8 Å². The van der Waals surface area contributed by atoms with Crippen LogP contribution in [-0.4, -0.2) is 17.0 Å². The van der Waals surface area contributed by atoms with Gasteiger partial charge in [0.25, 0.3) is 0 Å². The van der Waals surface area contributed by atoms with E-state index in [0.29, 0.717) is 5.56 Å². The second kappa shape index (κ2) is 6.15. The van der Waals surface area contributed by atoms with Crippen molar-refractivity contribution >= 4 is 17.6 Å². The first-order chi connectivity index (χ1) is 9.99. The first kappa shape index (κ1) is 14.7. The van der Waals surface area contributed by atoms with Gasteiger partial charge in [-0.25, -0.2) is 9.18 Å². The maximum absolute atomic E-state index is 13.7. The smallest absolute Gasteiger partial charge is 0.335 e. The zero-order valence-corrected chi connectivity index (χ0v) is 10.9. The molecule has 0 aliphatic carbocycles. The van der Waals surface area contributed by atoms with Crippen molar-refractivity contribution in [2.45, 2.75) is 6.04 Å². The number of carbonyl (C=O) groups excluding carboxylic acids is 1. The Morgan fingerprint density at radius 3 is 2.38 bits per heavy atom. The molecule has 1 atom stereocenters. The topological polar surface area (TPSA) is 92.4 Å². The minimum Gasteiger partial charge on any atom is -0.478 e. The lowest BCUT2D eigenvalue weighted by Gasteiger charge is -2.13. The van der Waals surface area contributed by atoms with Gasteiger partial charge in [0.15, 0.2) is 0 Å². The Labute approximate surface area is 120 Å². The predicted octanol–water partition coefficient (Wildman–Crippen LogP) is 2.16. The molecule has 0 unspecified atom stereocenters. The molecule has 5 nitrogen and oxygen atoms in total. The molecule has 0 bridgehead atoms. The highest BCUT2D eigenvalue weighted by atomic mass is 19.1. The van der Waals surface area contributed by atoms with Crippen molar-refractivity contribution in [3.8, 4) is 0 Å². The first-order valence-corrected chi connectivity index (χ1v) is 6.13. The van der Waals surface area contributed by atoms with Gasteiger partial charge in [-0.05, 0) is 23.8 Å². The van der Waals surface area contributed by atoms with Crippen molar-refractivity contribution in [1.29, 1.82) is 0 Å². The van der Waals surface area contributed by atoms with Crippen LogP contribution < -0.4 is 11.1 Å². The Morgan fingerprint density at radius 1 is 1.14 bits per heavy atom. The summed E-state index contributed by atoms with van der Waals surface area (Å²) in [4.78, 5) is 22.7. The van der Waals surface area contributed by atoms with Crippen molar-refractivity contribution in [2.75, 3.05) is 5.32 Å². The number of anilines is 1. The Morgan fingerprint density at radius 2 is 1.81 bits per heavy atom. The summed E-state index contributed by atoms with van der Waals surface area (Å²) < 4.78 is 13.7. The molecule has 2 aromatic carbocycles. The molecular formula is C15H13FN2O3. The van der Waals surface area contributed by atoms with Gasteiger partial charge in [0.05, 0.1) is 11.3 Å². The third kappa shape index (κ3) is 3.43. The van der Waals surface area contributed by atoms with Gasteiger partial charge in [0.2, 0.25) is 5.91 Å². The van der Waals surface area contributed by atoms with E-state index in [0.717, 1.165) is 6.07 Å². The molecule has 0 radical (unpaired) electrons. The number of nitrogens with two attached hydrogens (primary N) is 1.